The third-order valence-electron chi connectivity index (χ3n) is 8.41. The van der Waals surface area contributed by atoms with Crippen molar-refractivity contribution in [3.8, 4) is 0 Å². The van der Waals surface area contributed by atoms with E-state index in [4.69, 9.17) is 10.5 Å². The van der Waals surface area contributed by atoms with Crippen molar-refractivity contribution in [1.29, 1.82) is 0 Å². The zero-order chi connectivity index (χ0) is 26.6. The average molecular weight is 518 g/mol. The molecule has 2 aromatic carbocycles. The maximum Gasteiger partial charge on any atom is 0.349 e. The van der Waals surface area contributed by atoms with E-state index in [1.807, 2.05) is 49.4 Å². The molecule has 2 aromatic rings. The fraction of sp³-hybridized carbons (Fsp3) is 0.548. The summed E-state index contributed by atoms with van der Waals surface area (Å²) in [7, 11) is 0. The standard InChI is InChI=1S/C25H33N5O2.C6H10/c1-17(2)23(26)16-27-20-6-8-21(9-7-20)29-24-14-18(3)4-5-19(24)15-28-30(25(29)31)22-10-12-32-13-11-22;1-2-5-4-6(5)3-1/h4-9,14-15,17,22-23,27H,10-13,16,26H2,1-3H3;5-6H,1-4H2. The molecule has 6 rings (SSSR count). The van der Waals surface area contributed by atoms with Crippen LogP contribution in [0.15, 0.2) is 47.6 Å². The number of benzene rings is 2. The van der Waals surface area contributed by atoms with Crippen molar-refractivity contribution in [2.24, 2.45) is 28.6 Å². The SMILES string of the molecule is C1CC2CC2C1.Cc1ccc2c(c1)N(c1ccc(NCC(N)C(C)C)cc1)C(=O)N(C1CCOCC1)N=C2. The van der Waals surface area contributed by atoms with Gasteiger partial charge in [-0.15, -0.1) is 0 Å². The summed E-state index contributed by atoms with van der Waals surface area (Å²) >= 11 is 0. The quantitative estimate of drug-likeness (QED) is 0.472. The Morgan fingerprint density at radius 1 is 1.05 bits per heavy atom. The van der Waals surface area contributed by atoms with Crippen LogP contribution < -0.4 is 16.0 Å². The summed E-state index contributed by atoms with van der Waals surface area (Å²) in [5.41, 5.74) is 10.8. The fourth-order valence-corrected chi connectivity index (χ4v) is 5.62. The number of hydrogen-bond donors (Lipinski definition) is 2. The first-order valence-corrected chi connectivity index (χ1v) is 14.4. The van der Waals surface area contributed by atoms with E-state index in [-0.39, 0.29) is 18.1 Å². The molecule has 7 nitrogen and oxygen atoms in total. The molecule has 0 radical (unpaired) electrons. The number of aryl methyl sites for hydroxylation is 1. The Morgan fingerprint density at radius 2 is 1.76 bits per heavy atom. The first-order valence-electron chi connectivity index (χ1n) is 14.4. The first kappa shape index (κ1) is 26.7. The molecule has 3 atom stereocenters. The van der Waals surface area contributed by atoms with Gasteiger partial charge in [0.05, 0.1) is 23.6 Å². The molecule has 0 bridgehead atoms. The molecule has 3 N–H and O–H groups in total. The second-order valence-corrected chi connectivity index (χ2v) is 11.6. The Hall–Kier alpha value is -2.90. The van der Waals surface area contributed by atoms with E-state index in [0.717, 1.165) is 41.0 Å². The first-order chi connectivity index (χ1) is 18.4. The minimum Gasteiger partial charge on any atom is -0.383 e. The molecule has 2 aliphatic carbocycles. The number of anilines is 3. The Morgan fingerprint density at radius 3 is 2.37 bits per heavy atom. The van der Waals surface area contributed by atoms with Gasteiger partial charge in [-0.05, 0) is 79.8 Å². The number of amides is 2. The number of urea groups is 1. The van der Waals surface area contributed by atoms with E-state index in [1.54, 1.807) is 35.4 Å². The number of carbonyl (C=O) groups is 1. The van der Waals surface area contributed by atoms with Crippen LogP contribution in [0.4, 0.5) is 21.9 Å². The molecular weight excluding hydrogens is 474 g/mol. The molecule has 3 unspecified atom stereocenters. The Balaban J connectivity index is 0.000000424. The molecular formula is C31H43N5O2. The number of nitrogens with zero attached hydrogens (tertiary/aromatic N) is 3. The highest BCUT2D eigenvalue weighted by Crippen LogP contribution is 2.51. The van der Waals surface area contributed by atoms with Crippen LogP contribution in [-0.4, -0.2) is 49.1 Å². The van der Waals surface area contributed by atoms with Crippen LogP contribution in [-0.2, 0) is 4.74 Å². The number of hydrogen-bond acceptors (Lipinski definition) is 5. The lowest BCUT2D eigenvalue weighted by atomic mass is 10.1. The Kier molecular flexibility index (Phi) is 8.34. The summed E-state index contributed by atoms with van der Waals surface area (Å²) < 4.78 is 5.49. The number of nitrogens with one attached hydrogen (secondary N) is 1. The predicted octanol–water partition coefficient (Wildman–Crippen LogP) is 6.28. The number of rotatable bonds is 6. The van der Waals surface area contributed by atoms with Gasteiger partial charge >= 0.3 is 6.03 Å². The van der Waals surface area contributed by atoms with E-state index in [1.165, 1.54) is 18.3 Å². The van der Waals surface area contributed by atoms with E-state index in [2.05, 4.69) is 24.3 Å². The van der Waals surface area contributed by atoms with Gasteiger partial charge in [0.25, 0.3) is 0 Å². The lowest BCUT2D eigenvalue weighted by Gasteiger charge is -2.33. The van der Waals surface area contributed by atoms with Crippen molar-refractivity contribution in [2.75, 3.05) is 30.0 Å². The molecule has 2 amide bonds. The zero-order valence-electron chi connectivity index (χ0n) is 23.1. The Bertz CT molecular complexity index is 1120. The van der Waals surface area contributed by atoms with E-state index >= 15 is 0 Å². The number of carbonyl (C=O) groups excluding carboxylic acids is 1. The van der Waals surface area contributed by atoms with E-state index in [0.29, 0.717) is 25.7 Å². The summed E-state index contributed by atoms with van der Waals surface area (Å²) in [5.74, 6) is 2.84. The third-order valence-corrected chi connectivity index (χ3v) is 8.41. The number of fused-ring (bicyclic) bond motifs is 2. The molecule has 38 heavy (non-hydrogen) atoms. The maximum atomic E-state index is 13.8. The highest BCUT2D eigenvalue weighted by Gasteiger charge is 2.40. The van der Waals surface area contributed by atoms with Gasteiger partial charge in [-0.3, -0.25) is 4.90 Å². The van der Waals surface area contributed by atoms with Crippen LogP contribution in [0.3, 0.4) is 0 Å². The summed E-state index contributed by atoms with van der Waals surface area (Å²) in [4.78, 5) is 15.5. The van der Waals surface area contributed by atoms with Crippen LogP contribution in [0.1, 0.15) is 63.5 Å². The molecule has 3 fully saturated rings. The summed E-state index contributed by atoms with van der Waals surface area (Å²) in [6.45, 7) is 8.27. The monoisotopic (exact) mass is 517 g/mol. The van der Waals surface area contributed by atoms with Crippen molar-refractivity contribution >= 4 is 29.3 Å². The molecule has 2 aliphatic heterocycles. The lowest BCUT2D eigenvalue weighted by molar-refractivity contribution is 0.0484. The smallest absolute Gasteiger partial charge is 0.349 e. The van der Waals surface area contributed by atoms with Crippen LogP contribution in [0.25, 0.3) is 0 Å². The van der Waals surface area contributed by atoms with Gasteiger partial charge in [-0.2, -0.15) is 5.10 Å². The molecule has 2 saturated carbocycles. The molecule has 0 spiro atoms. The van der Waals surface area contributed by atoms with Crippen molar-refractivity contribution in [3.63, 3.8) is 0 Å². The van der Waals surface area contributed by atoms with Crippen LogP contribution >= 0.6 is 0 Å². The van der Waals surface area contributed by atoms with Gasteiger partial charge in [0, 0.05) is 37.1 Å². The number of nitrogens with two attached hydrogens (primary N) is 1. The molecule has 2 heterocycles. The van der Waals surface area contributed by atoms with Crippen molar-refractivity contribution in [1.82, 2.24) is 5.01 Å². The Labute approximate surface area is 227 Å². The van der Waals surface area contributed by atoms with Gasteiger partial charge in [0.1, 0.15) is 0 Å². The van der Waals surface area contributed by atoms with Gasteiger partial charge in [0.2, 0.25) is 0 Å². The molecule has 1 saturated heterocycles. The predicted molar refractivity (Wildman–Crippen MR) is 155 cm³/mol. The van der Waals surface area contributed by atoms with Crippen LogP contribution in [0.2, 0.25) is 0 Å². The fourth-order valence-electron chi connectivity index (χ4n) is 5.62. The third kappa shape index (κ3) is 6.21. The van der Waals surface area contributed by atoms with Gasteiger partial charge in [0.15, 0.2) is 0 Å². The van der Waals surface area contributed by atoms with Crippen molar-refractivity contribution in [3.05, 3.63) is 53.6 Å². The van der Waals surface area contributed by atoms with E-state index in [9.17, 15) is 4.79 Å². The second kappa shape index (κ2) is 11.9. The minimum atomic E-state index is -0.139. The normalized spacial score (nSPS) is 23.3. The molecule has 4 aliphatic rings. The van der Waals surface area contributed by atoms with Gasteiger partial charge < -0.3 is 15.8 Å². The zero-order valence-corrected chi connectivity index (χ0v) is 23.1. The van der Waals surface area contributed by atoms with Crippen LogP contribution in [0.5, 0.6) is 0 Å². The topological polar surface area (TPSA) is 83.2 Å². The summed E-state index contributed by atoms with van der Waals surface area (Å²) in [5, 5.41) is 9.61. The highest BCUT2D eigenvalue weighted by molar-refractivity contribution is 6.06. The van der Waals surface area contributed by atoms with Crippen LogP contribution in [0, 0.1) is 24.7 Å². The summed E-state index contributed by atoms with van der Waals surface area (Å²) in [6.07, 6.45) is 9.60. The molecule has 0 aromatic heterocycles. The lowest BCUT2D eigenvalue weighted by Crippen LogP contribution is -2.45. The minimum absolute atomic E-state index is 0.0314. The second-order valence-electron chi connectivity index (χ2n) is 11.6. The molecule has 204 valence electrons. The summed E-state index contributed by atoms with van der Waals surface area (Å²) in [6, 6.07) is 14.0. The highest BCUT2D eigenvalue weighted by atomic mass is 16.5. The van der Waals surface area contributed by atoms with Gasteiger partial charge in [-0.25, -0.2) is 9.80 Å². The largest absolute Gasteiger partial charge is 0.383 e. The number of ether oxygens (including phenoxy) is 1. The van der Waals surface area contributed by atoms with Crippen molar-refractivity contribution in [2.45, 2.75) is 71.4 Å². The molecule has 7 heteroatoms. The maximum absolute atomic E-state index is 13.8. The van der Waals surface area contributed by atoms with Gasteiger partial charge in [-0.1, -0.05) is 45.2 Å². The van der Waals surface area contributed by atoms with E-state index < -0.39 is 0 Å². The number of hydrazone groups is 1. The average Bonchev–Trinajstić information content (AvgIpc) is 3.57. The van der Waals surface area contributed by atoms with Crippen molar-refractivity contribution < 1.29 is 9.53 Å².